The number of hydrogen-bond acceptors (Lipinski definition) is 5. The zero-order valence-corrected chi connectivity index (χ0v) is 11.9. The van der Waals surface area contributed by atoms with Gasteiger partial charge in [0.2, 0.25) is 5.91 Å². The molecule has 0 radical (unpaired) electrons. The van der Waals surface area contributed by atoms with Crippen LogP contribution in [0.1, 0.15) is 38.8 Å². The summed E-state index contributed by atoms with van der Waals surface area (Å²) in [7, 11) is 0. The molecule has 0 aliphatic rings. The Morgan fingerprint density at radius 2 is 2.14 bits per heavy atom. The third-order valence-electron chi connectivity index (χ3n) is 2.64. The number of hydrogen-bond donors (Lipinski definition) is 3. The number of amides is 2. The topological polar surface area (TPSA) is 111 Å². The molecule has 1 aromatic carbocycles. The van der Waals surface area contributed by atoms with Gasteiger partial charge in [-0.15, -0.1) is 11.3 Å². The lowest BCUT2D eigenvalue weighted by atomic mass is 10.2. The Bertz CT molecular complexity index is 699. The lowest BCUT2D eigenvalue weighted by molar-refractivity contribution is 0.0995. The fourth-order valence-corrected chi connectivity index (χ4v) is 2.32. The van der Waals surface area contributed by atoms with Crippen LogP contribution in [-0.2, 0) is 0 Å². The van der Waals surface area contributed by atoms with Gasteiger partial charge in [-0.25, -0.2) is 9.37 Å². The summed E-state index contributed by atoms with van der Waals surface area (Å²) in [4.78, 5) is 27.1. The van der Waals surface area contributed by atoms with Crippen LogP contribution in [-0.4, -0.2) is 16.8 Å². The summed E-state index contributed by atoms with van der Waals surface area (Å²) in [5, 5.41) is 4.49. The van der Waals surface area contributed by atoms with E-state index in [-0.39, 0.29) is 23.0 Å². The van der Waals surface area contributed by atoms with Gasteiger partial charge >= 0.3 is 0 Å². The van der Waals surface area contributed by atoms with Crippen molar-refractivity contribution >= 4 is 28.8 Å². The van der Waals surface area contributed by atoms with Gasteiger partial charge in [0, 0.05) is 10.9 Å². The highest BCUT2D eigenvalue weighted by Crippen LogP contribution is 2.19. The maximum absolute atomic E-state index is 13.6. The van der Waals surface area contributed by atoms with E-state index in [9.17, 15) is 14.0 Å². The molecule has 2 aromatic rings. The van der Waals surface area contributed by atoms with Crippen LogP contribution < -0.4 is 16.8 Å². The van der Waals surface area contributed by atoms with Crippen LogP contribution in [0, 0.1) is 5.82 Å². The van der Waals surface area contributed by atoms with Gasteiger partial charge in [-0.05, 0) is 25.1 Å². The van der Waals surface area contributed by atoms with E-state index in [1.54, 1.807) is 6.92 Å². The van der Waals surface area contributed by atoms with Gasteiger partial charge in [-0.3, -0.25) is 9.59 Å². The summed E-state index contributed by atoms with van der Waals surface area (Å²) in [6, 6.07) is 3.19. The molecule has 0 saturated heterocycles. The van der Waals surface area contributed by atoms with E-state index in [2.05, 4.69) is 10.3 Å². The number of nitrogens with one attached hydrogen (secondary N) is 1. The first-order chi connectivity index (χ1) is 9.88. The van der Waals surface area contributed by atoms with E-state index in [0.29, 0.717) is 5.01 Å². The SMILES string of the molecule is CC(N)c1nc(C(=O)Nc2cc(C(N)=O)ccc2F)cs1. The molecule has 0 saturated carbocycles. The van der Waals surface area contributed by atoms with Crippen molar-refractivity contribution in [2.24, 2.45) is 11.5 Å². The van der Waals surface area contributed by atoms with E-state index in [4.69, 9.17) is 11.5 Å². The molecular weight excluding hydrogens is 295 g/mol. The van der Waals surface area contributed by atoms with E-state index in [0.717, 1.165) is 6.07 Å². The van der Waals surface area contributed by atoms with Gasteiger partial charge in [-0.2, -0.15) is 0 Å². The molecule has 0 spiro atoms. The van der Waals surface area contributed by atoms with Crippen molar-refractivity contribution in [3.05, 3.63) is 45.7 Å². The second kappa shape index (κ2) is 5.98. The van der Waals surface area contributed by atoms with Gasteiger partial charge in [0.15, 0.2) is 0 Å². The predicted molar refractivity (Wildman–Crippen MR) is 77.6 cm³/mol. The third-order valence-corrected chi connectivity index (χ3v) is 3.69. The van der Waals surface area contributed by atoms with Crippen LogP contribution in [0.4, 0.5) is 10.1 Å². The standard InChI is InChI=1S/C13H13FN4O2S/c1-6(15)13-18-10(5-21-13)12(20)17-9-4-7(11(16)19)2-3-8(9)14/h2-6H,15H2,1H3,(H2,16,19)(H,17,20). The molecule has 0 aliphatic heterocycles. The molecular formula is C13H13FN4O2S. The number of thiazole rings is 1. The van der Waals surface area contributed by atoms with E-state index < -0.39 is 17.6 Å². The molecule has 2 rings (SSSR count). The number of anilines is 1. The Balaban J connectivity index is 2.22. The van der Waals surface area contributed by atoms with E-state index in [1.807, 2.05) is 0 Å². The number of nitrogens with zero attached hydrogens (tertiary/aromatic N) is 1. The Morgan fingerprint density at radius 1 is 1.43 bits per heavy atom. The van der Waals surface area contributed by atoms with Crippen LogP contribution in [0.3, 0.4) is 0 Å². The minimum atomic E-state index is -0.710. The number of rotatable bonds is 4. The Hall–Kier alpha value is -2.32. The fourth-order valence-electron chi connectivity index (χ4n) is 1.56. The first-order valence-corrected chi connectivity index (χ1v) is 6.88. The monoisotopic (exact) mass is 308 g/mol. The van der Waals surface area contributed by atoms with Crippen LogP contribution in [0.15, 0.2) is 23.6 Å². The van der Waals surface area contributed by atoms with Crippen LogP contribution in [0.5, 0.6) is 0 Å². The second-order valence-electron chi connectivity index (χ2n) is 4.37. The van der Waals surface area contributed by atoms with Crippen molar-refractivity contribution in [2.75, 3.05) is 5.32 Å². The quantitative estimate of drug-likeness (QED) is 0.797. The molecule has 0 aliphatic carbocycles. The molecule has 1 heterocycles. The second-order valence-corrected chi connectivity index (χ2v) is 5.26. The summed E-state index contributed by atoms with van der Waals surface area (Å²) in [6.07, 6.45) is 0. The summed E-state index contributed by atoms with van der Waals surface area (Å²) >= 11 is 1.24. The minimum Gasteiger partial charge on any atom is -0.366 e. The molecule has 1 aromatic heterocycles. The molecule has 6 nitrogen and oxygen atoms in total. The van der Waals surface area contributed by atoms with Crippen LogP contribution >= 0.6 is 11.3 Å². The molecule has 21 heavy (non-hydrogen) atoms. The average molecular weight is 308 g/mol. The number of benzene rings is 1. The van der Waals surface area contributed by atoms with Crippen molar-refractivity contribution in [3.63, 3.8) is 0 Å². The number of halogens is 1. The first kappa shape index (κ1) is 15.1. The molecule has 5 N–H and O–H groups in total. The van der Waals surface area contributed by atoms with Crippen molar-refractivity contribution in [3.8, 4) is 0 Å². The lowest BCUT2D eigenvalue weighted by Gasteiger charge is -2.06. The van der Waals surface area contributed by atoms with Gasteiger partial charge < -0.3 is 16.8 Å². The number of aromatic nitrogens is 1. The van der Waals surface area contributed by atoms with Gasteiger partial charge in [0.25, 0.3) is 5.91 Å². The summed E-state index contributed by atoms with van der Waals surface area (Å²) in [5.41, 5.74) is 10.9. The minimum absolute atomic E-state index is 0.0984. The molecule has 8 heteroatoms. The normalized spacial score (nSPS) is 12.0. The maximum Gasteiger partial charge on any atom is 0.275 e. The maximum atomic E-state index is 13.6. The number of carbonyl (C=O) groups excluding carboxylic acids is 2. The third kappa shape index (κ3) is 3.41. The Labute approximate surface area is 124 Å². The summed E-state index contributed by atoms with van der Waals surface area (Å²) in [5.74, 6) is -1.96. The molecule has 1 unspecified atom stereocenters. The number of primary amides is 1. The predicted octanol–water partition coefficient (Wildman–Crippen LogP) is 1.65. The van der Waals surface area contributed by atoms with Gasteiger partial charge in [-0.1, -0.05) is 0 Å². The molecule has 0 bridgehead atoms. The Morgan fingerprint density at radius 3 is 2.71 bits per heavy atom. The largest absolute Gasteiger partial charge is 0.366 e. The van der Waals surface area contributed by atoms with E-state index in [1.165, 1.54) is 28.8 Å². The zero-order valence-electron chi connectivity index (χ0n) is 11.1. The van der Waals surface area contributed by atoms with E-state index >= 15 is 0 Å². The molecule has 1 atom stereocenters. The van der Waals surface area contributed by atoms with Gasteiger partial charge in [0.1, 0.15) is 16.5 Å². The highest BCUT2D eigenvalue weighted by molar-refractivity contribution is 7.09. The summed E-state index contributed by atoms with van der Waals surface area (Å²) < 4.78 is 13.6. The summed E-state index contributed by atoms with van der Waals surface area (Å²) in [6.45, 7) is 1.75. The van der Waals surface area contributed by atoms with Crippen molar-refractivity contribution in [1.29, 1.82) is 0 Å². The smallest absolute Gasteiger partial charge is 0.275 e. The highest BCUT2D eigenvalue weighted by Gasteiger charge is 2.15. The average Bonchev–Trinajstić information content (AvgIpc) is 2.90. The Kier molecular flexibility index (Phi) is 4.29. The fraction of sp³-hybridized carbons (Fsp3) is 0.154. The lowest BCUT2D eigenvalue weighted by Crippen LogP contribution is -2.16. The molecule has 2 amide bonds. The molecule has 110 valence electrons. The van der Waals surface area contributed by atoms with Crippen molar-refractivity contribution < 1.29 is 14.0 Å². The van der Waals surface area contributed by atoms with Crippen molar-refractivity contribution in [2.45, 2.75) is 13.0 Å². The zero-order chi connectivity index (χ0) is 15.6. The van der Waals surface area contributed by atoms with Crippen molar-refractivity contribution in [1.82, 2.24) is 4.98 Å². The first-order valence-electron chi connectivity index (χ1n) is 6.00. The number of carbonyl (C=O) groups is 2. The number of nitrogens with two attached hydrogens (primary N) is 2. The highest BCUT2D eigenvalue weighted by atomic mass is 32.1. The van der Waals surface area contributed by atoms with Crippen LogP contribution in [0.25, 0.3) is 0 Å². The molecule has 0 fully saturated rings. The van der Waals surface area contributed by atoms with Crippen LogP contribution in [0.2, 0.25) is 0 Å². The van der Waals surface area contributed by atoms with Gasteiger partial charge in [0.05, 0.1) is 11.7 Å².